The van der Waals surface area contributed by atoms with Crippen LogP contribution in [-0.2, 0) is 27.1 Å². The van der Waals surface area contributed by atoms with Gasteiger partial charge >= 0.3 is 0 Å². The summed E-state index contributed by atoms with van der Waals surface area (Å²) in [5, 5.41) is 7.84. The number of ether oxygens (including phenoxy) is 1. The predicted octanol–water partition coefficient (Wildman–Crippen LogP) is 4.58. The number of rotatable bonds is 7. The Bertz CT molecular complexity index is 915. The molecule has 0 saturated heterocycles. The van der Waals surface area contributed by atoms with Gasteiger partial charge in [0, 0.05) is 22.3 Å². The van der Waals surface area contributed by atoms with E-state index in [1.807, 2.05) is 24.3 Å². The van der Waals surface area contributed by atoms with Crippen LogP contribution in [0.15, 0.2) is 24.3 Å². The van der Waals surface area contributed by atoms with E-state index < -0.39 is 10.8 Å². The van der Waals surface area contributed by atoms with E-state index in [0.29, 0.717) is 17.3 Å². The molecule has 2 heterocycles. The zero-order valence-corrected chi connectivity index (χ0v) is 18.7. The first-order valence-corrected chi connectivity index (χ1v) is 12.5. The van der Waals surface area contributed by atoms with Crippen molar-refractivity contribution in [3.05, 3.63) is 35.5 Å². The van der Waals surface area contributed by atoms with Crippen molar-refractivity contribution in [2.24, 2.45) is 11.8 Å². The number of anilines is 1. The molecule has 4 rings (SSSR count). The van der Waals surface area contributed by atoms with Crippen molar-refractivity contribution < 1.29 is 13.7 Å². The maximum Gasteiger partial charge on any atom is 0.228 e. The zero-order valence-electron chi connectivity index (χ0n) is 17.9. The minimum absolute atomic E-state index is 0.0460. The zero-order chi connectivity index (χ0) is 21.1. The van der Waals surface area contributed by atoms with Crippen LogP contribution in [0.2, 0.25) is 0 Å². The maximum atomic E-state index is 13.1. The summed E-state index contributed by atoms with van der Waals surface area (Å²) in [6, 6.07) is 7.60. The Morgan fingerprint density at radius 2 is 1.93 bits per heavy atom. The summed E-state index contributed by atoms with van der Waals surface area (Å²) in [7, 11) is 0.691. The van der Waals surface area contributed by atoms with E-state index in [0.717, 1.165) is 54.3 Å². The van der Waals surface area contributed by atoms with Crippen LogP contribution in [-0.4, -0.2) is 27.0 Å². The monoisotopic (exact) mass is 429 g/mol. The van der Waals surface area contributed by atoms with Crippen LogP contribution in [0.4, 0.5) is 5.82 Å². The van der Waals surface area contributed by atoms with E-state index in [-0.39, 0.29) is 11.8 Å². The lowest BCUT2D eigenvalue weighted by molar-refractivity contribution is -0.121. The van der Waals surface area contributed by atoms with Gasteiger partial charge in [0.25, 0.3) is 0 Å². The van der Waals surface area contributed by atoms with Crippen molar-refractivity contribution in [3.8, 4) is 11.4 Å². The molecule has 1 amide bonds. The Balaban J connectivity index is 1.52. The standard InChI is InChI=1S/C23H31N3O3S/c1-3-4-5-16-6-8-17(9-7-16)23(27)24-22-20-14-30(28)15-21(20)25-26(22)18-10-12-19(29-2)13-11-18/h10-13,16-17H,3-9,14-15H2,1-2H3,(H,24,27)/t16?,17?,30-/m1/s1. The van der Waals surface area contributed by atoms with E-state index in [1.54, 1.807) is 11.8 Å². The first-order valence-electron chi connectivity index (χ1n) is 11.0. The summed E-state index contributed by atoms with van der Waals surface area (Å²) >= 11 is 0. The fraction of sp³-hybridized carbons (Fsp3) is 0.565. The smallest absolute Gasteiger partial charge is 0.228 e. The van der Waals surface area contributed by atoms with Gasteiger partial charge in [-0.15, -0.1) is 0 Å². The third-order valence-electron chi connectivity index (χ3n) is 6.41. The highest BCUT2D eigenvalue weighted by Gasteiger charge is 2.31. The van der Waals surface area contributed by atoms with Crippen LogP contribution in [0.1, 0.15) is 63.1 Å². The molecule has 0 spiro atoms. The summed E-state index contributed by atoms with van der Waals surface area (Å²) in [5.74, 6) is 3.23. The summed E-state index contributed by atoms with van der Waals surface area (Å²) in [5.41, 5.74) is 2.59. The average Bonchev–Trinajstić information content (AvgIpc) is 3.29. The number of methoxy groups -OCH3 is 1. The Hall–Kier alpha value is -2.15. The van der Waals surface area contributed by atoms with Crippen LogP contribution in [0, 0.1) is 11.8 Å². The van der Waals surface area contributed by atoms with Crippen LogP contribution < -0.4 is 10.1 Å². The molecular weight excluding hydrogens is 398 g/mol. The highest BCUT2D eigenvalue weighted by Crippen LogP contribution is 2.35. The number of nitrogens with one attached hydrogen (secondary N) is 1. The number of unbranched alkanes of at least 4 members (excludes halogenated alkanes) is 1. The van der Waals surface area contributed by atoms with Gasteiger partial charge in [0.15, 0.2) is 0 Å². The van der Waals surface area contributed by atoms with Gasteiger partial charge in [-0.25, -0.2) is 4.68 Å². The Kier molecular flexibility index (Phi) is 6.56. The van der Waals surface area contributed by atoms with Crippen molar-refractivity contribution in [1.29, 1.82) is 0 Å². The minimum Gasteiger partial charge on any atom is -0.497 e. The molecule has 2 aliphatic rings. The molecule has 0 bridgehead atoms. The molecule has 1 fully saturated rings. The number of hydrogen-bond acceptors (Lipinski definition) is 4. The molecule has 2 aromatic rings. The number of carbonyl (C=O) groups excluding carboxylic acids is 1. The van der Waals surface area contributed by atoms with Crippen LogP contribution >= 0.6 is 0 Å². The molecule has 162 valence electrons. The van der Waals surface area contributed by atoms with Gasteiger partial charge in [0.05, 0.1) is 30.0 Å². The second-order valence-corrected chi connectivity index (χ2v) is 9.92. The number of nitrogens with zero attached hydrogens (tertiary/aromatic N) is 2. The van der Waals surface area contributed by atoms with Gasteiger partial charge in [0.1, 0.15) is 11.6 Å². The first-order chi connectivity index (χ1) is 14.6. The molecule has 6 nitrogen and oxygen atoms in total. The Labute approximate surface area is 180 Å². The SMILES string of the molecule is CCCCC1CCC(C(=O)Nc2c3c(nn2-c2ccc(OC)cc2)C[S@](=O)C3)CC1. The van der Waals surface area contributed by atoms with E-state index in [9.17, 15) is 9.00 Å². The van der Waals surface area contributed by atoms with E-state index >= 15 is 0 Å². The number of hydrogen-bond donors (Lipinski definition) is 1. The molecule has 1 saturated carbocycles. The summed E-state index contributed by atoms with van der Waals surface area (Å²) < 4.78 is 19.1. The largest absolute Gasteiger partial charge is 0.497 e. The van der Waals surface area contributed by atoms with Gasteiger partial charge in [-0.2, -0.15) is 5.10 Å². The summed E-state index contributed by atoms with van der Waals surface area (Å²) in [6.45, 7) is 2.23. The predicted molar refractivity (Wildman–Crippen MR) is 119 cm³/mol. The van der Waals surface area contributed by atoms with Crippen LogP contribution in [0.25, 0.3) is 5.69 Å². The van der Waals surface area contributed by atoms with E-state index in [1.165, 1.54) is 19.3 Å². The molecule has 1 aliphatic carbocycles. The maximum absolute atomic E-state index is 13.1. The summed E-state index contributed by atoms with van der Waals surface area (Å²) in [4.78, 5) is 13.1. The number of carbonyl (C=O) groups is 1. The third kappa shape index (κ3) is 4.46. The molecule has 1 atom stereocenters. The molecule has 1 aromatic carbocycles. The van der Waals surface area contributed by atoms with E-state index in [2.05, 4.69) is 17.3 Å². The third-order valence-corrected chi connectivity index (χ3v) is 7.62. The second kappa shape index (κ2) is 9.33. The highest BCUT2D eigenvalue weighted by atomic mass is 32.2. The molecule has 30 heavy (non-hydrogen) atoms. The molecular formula is C23H31N3O3S. The molecule has 7 heteroatoms. The quantitative estimate of drug-likeness (QED) is 0.699. The number of aromatic nitrogens is 2. The number of amides is 1. The van der Waals surface area contributed by atoms with Crippen molar-refractivity contribution >= 4 is 22.5 Å². The van der Waals surface area contributed by atoms with Gasteiger partial charge in [-0.05, 0) is 55.9 Å². The molecule has 1 aliphatic heterocycles. The van der Waals surface area contributed by atoms with Crippen LogP contribution in [0.3, 0.4) is 0 Å². The fourth-order valence-corrected chi connectivity index (χ4v) is 5.86. The average molecular weight is 430 g/mol. The minimum atomic E-state index is -0.943. The van der Waals surface area contributed by atoms with Crippen LogP contribution in [0.5, 0.6) is 5.75 Å². The topological polar surface area (TPSA) is 73.2 Å². The molecule has 0 unspecified atom stereocenters. The lowest BCUT2D eigenvalue weighted by atomic mass is 9.79. The second-order valence-electron chi connectivity index (χ2n) is 8.46. The molecule has 1 aromatic heterocycles. The lowest BCUT2D eigenvalue weighted by Gasteiger charge is -2.27. The Morgan fingerprint density at radius 1 is 1.20 bits per heavy atom. The van der Waals surface area contributed by atoms with Crippen molar-refractivity contribution in [2.75, 3.05) is 12.4 Å². The number of fused-ring (bicyclic) bond motifs is 1. The first kappa shape index (κ1) is 21.1. The van der Waals surface area contributed by atoms with Crippen molar-refractivity contribution in [2.45, 2.75) is 63.4 Å². The lowest BCUT2D eigenvalue weighted by Crippen LogP contribution is -2.28. The molecule has 0 radical (unpaired) electrons. The summed E-state index contributed by atoms with van der Waals surface area (Å²) in [6.07, 6.45) is 7.98. The molecule has 1 N–H and O–H groups in total. The fourth-order valence-electron chi connectivity index (χ4n) is 4.59. The van der Waals surface area contributed by atoms with Crippen molar-refractivity contribution in [3.63, 3.8) is 0 Å². The Morgan fingerprint density at radius 3 is 2.60 bits per heavy atom. The normalized spacial score (nSPS) is 23.2. The van der Waals surface area contributed by atoms with Gasteiger partial charge < -0.3 is 10.1 Å². The number of benzene rings is 1. The van der Waals surface area contributed by atoms with Gasteiger partial charge in [-0.1, -0.05) is 26.2 Å². The highest BCUT2D eigenvalue weighted by molar-refractivity contribution is 7.83. The van der Waals surface area contributed by atoms with Gasteiger partial charge in [0.2, 0.25) is 5.91 Å². The van der Waals surface area contributed by atoms with Gasteiger partial charge in [-0.3, -0.25) is 9.00 Å². The van der Waals surface area contributed by atoms with Crippen molar-refractivity contribution in [1.82, 2.24) is 9.78 Å². The van der Waals surface area contributed by atoms with E-state index in [4.69, 9.17) is 4.74 Å².